The van der Waals surface area contributed by atoms with Gasteiger partial charge in [-0.25, -0.2) is 4.57 Å². The van der Waals surface area contributed by atoms with Crippen molar-refractivity contribution in [3.63, 3.8) is 0 Å². The molecule has 1 rings (SSSR count). The molecule has 4 unspecified atom stereocenters. The summed E-state index contributed by atoms with van der Waals surface area (Å²) in [5, 5.41) is 52.0. The Balaban J connectivity index is 2.11. The lowest BCUT2D eigenvalue weighted by atomic mass is 9.85. The third-order valence-electron chi connectivity index (χ3n) is 13.6. The van der Waals surface area contributed by atoms with Gasteiger partial charge in [-0.15, -0.1) is 0 Å². The van der Waals surface area contributed by atoms with Crippen LogP contribution in [0.4, 0.5) is 0 Å². The summed E-state index contributed by atoms with van der Waals surface area (Å²) in [6.07, 6.45) is 38.1. The minimum atomic E-state index is -5.12. The van der Waals surface area contributed by atoms with E-state index in [2.05, 4.69) is 26.0 Å². The lowest BCUT2D eigenvalue weighted by Gasteiger charge is -2.43. The summed E-state index contributed by atoms with van der Waals surface area (Å²) in [4.78, 5) is 35.4. The zero-order valence-corrected chi connectivity index (χ0v) is 44.8. The van der Waals surface area contributed by atoms with Crippen LogP contribution >= 0.6 is 7.82 Å². The van der Waals surface area contributed by atoms with Gasteiger partial charge in [0.25, 0.3) is 0 Å². The molecule has 0 saturated heterocycles. The van der Waals surface area contributed by atoms with Crippen molar-refractivity contribution in [2.45, 2.75) is 313 Å². The van der Waals surface area contributed by atoms with E-state index in [1.54, 1.807) is 0 Å². The third-order valence-corrected chi connectivity index (χ3v) is 14.5. The van der Waals surface area contributed by atoms with Gasteiger partial charge in [-0.3, -0.25) is 18.6 Å². The second-order valence-corrected chi connectivity index (χ2v) is 21.6. The fourth-order valence-corrected chi connectivity index (χ4v) is 10.0. The number of hydrogen-bond acceptors (Lipinski definition) is 12. The SMILES string of the molecule is CCCCCCCC/C=C/CCCCCCCCCCCCCCCCCCCC(=O)OC[C@H](O)COP(=O)(O)O[C@@H]1C(OC(=O)CCCCCCCCCCCCCCC)C(O)[C@@H](O)C(O)[C@H]1O. The van der Waals surface area contributed by atoms with Crippen molar-refractivity contribution in [2.24, 2.45) is 0 Å². The number of phosphoric ester groups is 1. The Morgan fingerprint density at radius 1 is 0.449 bits per heavy atom. The van der Waals surface area contributed by atoms with Crippen molar-refractivity contribution < 1.29 is 63.1 Å². The third kappa shape index (κ3) is 37.1. The molecular weight excluding hydrogens is 900 g/mol. The van der Waals surface area contributed by atoms with Gasteiger partial charge in [0.2, 0.25) is 0 Å². The summed E-state index contributed by atoms with van der Waals surface area (Å²) < 4.78 is 33.2. The molecule has 0 amide bonds. The Morgan fingerprint density at radius 3 is 1.14 bits per heavy atom. The topological polar surface area (TPSA) is 210 Å². The summed E-state index contributed by atoms with van der Waals surface area (Å²) in [7, 11) is -5.12. The van der Waals surface area contributed by atoms with Gasteiger partial charge in [0.1, 0.15) is 43.2 Å². The van der Waals surface area contributed by atoms with E-state index in [0.717, 1.165) is 44.9 Å². The zero-order chi connectivity index (χ0) is 50.6. The summed E-state index contributed by atoms with van der Waals surface area (Å²) in [5.74, 6) is -1.28. The van der Waals surface area contributed by atoms with Gasteiger partial charge in [-0.1, -0.05) is 231 Å². The first-order valence-corrected chi connectivity index (χ1v) is 30.0. The van der Waals surface area contributed by atoms with Gasteiger partial charge in [0.05, 0.1) is 6.61 Å². The average molecular weight is 1010 g/mol. The standard InChI is InChI=1S/C55H105O13P/c1-3-5-7-9-11-13-15-17-18-19-20-21-22-23-24-25-26-27-28-29-30-32-33-35-37-39-41-43-48(57)65-45-47(56)46-66-69(63,64)68-55-53(62)51(60)50(59)52(61)54(55)67-49(58)44-42-40-38-36-34-31-16-14-12-10-8-6-4-2/h17-18,47,50-56,59-62H,3-16,19-46H2,1-2H3,(H,63,64)/b18-17+/t47-,50-,51?,52?,53+,54?,55-/m0/s1. The van der Waals surface area contributed by atoms with Crippen molar-refractivity contribution in [3.05, 3.63) is 12.2 Å². The molecule has 69 heavy (non-hydrogen) atoms. The Morgan fingerprint density at radius 2 is 0.768 bits per heavy atom. The van der Waals surface area contributed by atoms with E-state index in [9.17, 15) is 44.6 Å². The lowest BCUT2D eigenvalue weighted by Crippen LogP contribution is -2.65. The van der Waals surface area contributed by atoms with Crippen LogP contribution in [-0.4, -0.2) is 98.3 Å². The largest absolute Gasteiger partial charge is 0.472 e. The molecule has 408 valence electrons. The van der Waals surface area contributed by atoms with Crippen molar-refractivity contribution in [2.75, 3.05) is 13.2 Å². The maximum absolute atomic E-state index is 12.9. The van der Waals surface area contributed by atoms with E-state index in [4.69, 9.17) is 18.5 Å². The van der Waals surface area contributed by atoms with Gasteiger partial charge in [0.15, 0.2) is 6.10 Å². The Kier molecular flexibility index (Phi) is 43.0. The molecular formula is C55H105O13P. The van der Waals surface area contributed by atoms with Crippen LogP contribution in [0, 0.1) is 0 Å². The van der Waals surface area contributed by atoms with E-state index in [0.29, 0.717) is 12.8 Å². The van der Waals surface area contributed by atoms with E-state index in [1.165, 1.54) is 186 Å². The molecule has 0 aromatic carbocycles. The van der Waals surface area contributed by atoms with Gasteiger partial charge in [-0.2, -0.15) is 0 Å². The first kappa shape index (κ1) is 65.6. The smallest absolute Gasteiger partial charge is 0.463 e. The quantitative estimate of drug-likeness (QED) is 0.0145. The van der Waals surface area contributed by atoms with Crippen molar-refractivity contribution in [3.8, 4) is 0 Å². The van der Waals surface area contributed by atoms with Crippen molar-refractivity contribution in [1.29, 1.82) is 0 Å². The second-order valence-electron chi connectivity index (χ2n) is 20.2. The number of aliphatic hydroxyl groups excluding tert-OH is 5. The monoisotopic (exact) mass is 1000 g/mol. The molecule has 0 heterocycles. The van der Waals surface area contributed by atoms with Crippen LogP contribution in [0.2, 0.25) is 0 Å². The molecule has 0 aromatic heterocycles. The van der Waals surface area contributed by atoms with Crippen LogP contribution in [0.3, 0.4) is 0 Å². The molecule has 13 nitrogen and oxygen atoms in total. The molecule has 1 aliphatic carbocycles. The predicted octanol–water partition coefficient (Wildman–Crippen LogP) is 13.0. The number of rotatable bonds is 49. The van der Waals surface area contributed by atoms with Crippen molar-refractivity contribution in [1.82, 2.24) is 0 Å². The average Bonchev–Trinajstić information content (AvgIpc) is 3.33. The van der Waals surface area contributed by atoms with Gasteiger partial charge in [0, 0.05) is 12.8 Å². The lowest BCUT2D eigenvalue weighted by molar-refractivity contribution is -0.231. The summed E-state index contributed by atoms with van der Waals surface area (Å²) in [5.41, 5.74) is 0. The molecule has 14 heteroatoms. The van der Waals surface area contributed by atoms with Gasteiger partial charge in [-0.05, 0) is 38.5 Å². The highest BCUT2D eigenvalue weighted by atomic mass is 31.2. The molecule has 0 bridgehead atoms. The van der Waals surface area contributed by atoms with Gasteiger partial charge >= 0.3 is 19.8 Å². The molecule has 1 saturated carbocycles. The number of hydrogen-bond donors (Lipinski definition) is 6. The number of esters is 2. The van der Waals surface area contributed by atoms with Gasteiger partial charge < -0.3 is 39.9 Å². The number of unbranched alkanes of at least 4 members (excludes halogenated alkanes) is 35. The fourth-order valence-electron chi connectivity index (χ4n) is 9.07. The van der Waals surface area contributed by atoms with Crippen molar-refractivity contribution >= 4 is 19.8 Å². The highest BCUT2D eigenvalue weighted by Gasteiger charge is 2.53. The normalized spacial score (nSPS) is 20.9. The summed E-state index contributed by atoms with van der Waals surface area (Å²) in [6, 6.07) is 0. The van der Waals surface area contributed by atoms with E-state index in [1.807, 2.05) is 0 Å². The van der Waals surface area contributed by atoms with E-state index < -0.39 is 75.7 Å². The Hall–Kier alpha value is -1.41. The van der Waals surface area contributed by atoms with Crippen LogP contribution < -0.4 is 0 Å². The Bertz CT molecular complexity index is 1270. The molecule has 1 aliphatic rings. The number of phosphoric acid groups is 1. The summed E-state index contributed by atoms with van der Waals surface area (Å²) >= 11 is 0. The number of carbonyl (C=O) groups is 2. The molecule has 0 radical (unpaired) electrons. The van der Waals surface area contributed by atoms with E-state index in [-0.39, 0.29) is 12.8 Å². The second kappa shape index (κ2) is 45.2. The number of allylic oxidation sites excluding steroid dienone is 2. The molecule has 8 atom stereocenters. The minimum Gasteiger partial charge on any atom is -0.463 e. The highest BCUT2D eigenvalue weighted by molar-refractivity contribution is 7.47. The predicted molar refractivity (Wildman–Crippen MR) is 277 cm³/mol. The van der Waals surface area contributed by atoms with Crippen LogP contribution in [0.25, 0.3) is 0 Å². The first-order chi connectivity index (χ1) is 33.4. The maximum Gasteiger partial charge on any atom is 0.472 e. The Labute approximate surface area is 420 Å². The summed E-state index contributed by atoms with van der Waals surface area (Å²) in [6.45, 7) is 3.20. The molecule has 6 N–H and O–H groups in total. The zero-order valence-electron chi connectivity index (χ0n) is 43.9. The minimum absolute atomic E-state index is 0.0283. The first-order valence-electron chi connectivity index (χ1n) is 28.5. The van der Waals surface area contributed by atoms with Crippen LogP contribution in [0.1, 0.15) is 271 Å². The number of ether oxygens (including phenoxy) is 2. The van der Waals surface area contributed by atoms with Crippen LogP contribution in [0.5, 0.6) is 0 Å². The van der Waals surface area contributed by atoms with E-state index >= 15 is 0 Å². The molecule has 0 aromatic rings. The fraction of sp³-hybridized carbons (Fsp3) is 0.927. The number of aliphatic hydroxyl groups is 5. The molecule has 0 aliphatic heterocycles. The number of carbonyl (C=O) groups excluding carboxylic acids is 2. The van der Waals surface area contributed by atoms with Crippen LogP contribution in [0.15, 0.2) is 12.2 Å². The molecule has 0 spiro atoms. The highest BCUT2D eigenvalue weighted by Crippen LogP contribution is 2.47. The van der Waals surface area contributed by atoms with Crippen LogP contribution in [-0.2, 0) is 32.7 Å². The molecule has 1 fully saturated rings. The maximum atomic E-state index is 12.9.